The summed E-state index contributed by atoms with van der Waals surface area (Å²) in [6.07, 6.45) is 1.45. The van der Waals surface area contributed by atoms with Crippen LogP contribution < -0.4 is 11.1 Å². The zero-order chi connectivity index (χ0) is 15.5. The predicted octanol–water partition coefficient (Wildman–Crippen LogP) is 3.31. The number of nitrogens with zero attached hydrogens (tertiary/aromatic N) is 2. The third kappa shape index (κ3) is 4.00. The summed E-state index contributed by atoms with van der Waals surface area (Å²) < 4.78 is 0. The summed E-state index contributed by atoms with van der Waals surface area (Å²) in [5.74, 6) is -0.252. The molecule has 0 radical (unpaired) electrons. The van der Waals surface area contributed by atoms with Gasteiger partial charge in [0.1, 0.15) is 5.01 Å². The van der Waals surface area contributed by atoms with Gasteiger partial charge in [-0.1, -0.05) is 48.4 Å². The number of carbonyl (C=O) groups is 1. The predicted molar refractivity (Wildman–Crippen MR) is 86.5 cm³/mol. The number of carbonyl (C=O) groups excluding carboxylic acids is 1. The van der Waals surface area contributed by atoms with Crippen molar-refractivity contribution in [2.24, 2.45) is 5.73 Å². The second kappa shape index (κ2) is 6.51. The fraction of sp³-hybridized carbons (Fsp3) is 0.357. The lowest BCUT2D eigenvalue weighted by Gasteiger charge is -2.21. The number of hydrogen-bond donors (Lipinski definition) is 2. The van der Waals surface area contributed by atoms with E-state index in [9.17, 15) is 4.79 Å². The van der Waals surface area contributed by atoms with Crippen LogP contribution >= 0.6 is 22.9 Å². The summed E-state index contributed by atoms with van der Waals surface area (Å²) >= 11 is 7.24. The zero-order valence-electron chi connectivity index (χ0n) is 11.9. The van der Waals surface area contributed by atoms with Crippen LogP contribution in [0.3, 0.4) is 0 Å². The molecule has 1 atom stereocenters. The van der Waals surface area contributed by atoms with Crippen LogP contribution in [-0.4, -0.2) is 21.6 Å². The van der Waals surface area contributed by atoms with Crippen molar-refractivity contribution in [1.29, 1.82) is 0 Å². The van der Waals surface area contributed by atoms with Crippen molar-refractivity contribution < 1.29 is 4.79 Å². The first-order chi connectivity index (χ1) is 9.92. The largest absolute Gasteiger partial charge is 0.318 e. The highest BCUT2D eigenvalue weighted by atomic mass is 35.5. The van der Waals surface area contributed by atoms with Crippen LogP contribution in [0.4, 0.5) is 5.13 Å². The second-order valence-corrected chi connectivity index (χ2v) is 6.46. The first kappa shape index (κ1) is 15.9. The van der Waals surface area contributed by atoms with Gasteiger partial charge in [0, 0.05) is 10.6 Å². The van der Waals surface area contributed by atoms with E-state index in [1.165, 1.54) is 11.3 Å². The van der Waals surface area contributed by atoms with Gasteiger partial charge in [-0.15, -0.1) is 10.2 Å². The molecule has 2 aromatic rings. The van der Waals surface area contributed by atoms with Crippen molar-refractivity contribution in [3.63, 3.8) is 0 Å². The van der Waals surface area contributed by atoms with E-state index in [4.69, 9.17) is 17.3 Å². The van der Waals surface area contributed by atoms with Crippen molar-refractivity contribution in [1.82, 2.24) is 10.2 Å². The Hall–Kier alpha value is -1.50. The van der Waals surface area contributed by atoms with E-state index in [-0.39, 0.29) is 5.91 Å². The number of anilines is 1. The fourth-order valence-corrected chi connectivity index (χ4v) is 2.81. The molecule has 1 amide bonds. The molecule has 3 N–H and O–H groups in total. The SMILES string of the molecule is CCCC(C)(N)C(=O)Nc1nnc(-c2cccc(Cl)c2)s1. The Labute approximate surface area is 132 Å². The first-order valence-corrected chi connectivity index (χ1v) is 7.81. The molecule has 0 saturated carbocycles. The quantitative estimate of drug-likeness (QED) is 0.884. The van der Waals surface area contributed by atoms with Gasteiger partial charge in [0.15, 0.2) is 0 Å². The molecule has 0 bridgehead atoms. The van der Waals surface area contributed by atoms with Crippen LogP contribution in [0.15, 0.2) is 24.3 Å². The van der Waals surface area contributed by atoms with E-state index in [2.05, 4.69) is 15.5 Å². The van der Waals surface area contributed by atoms with Gasteiger partial charge in [-0.3, -0.25) is 10.1 Å². The molecule has 1 aromatic heterocycles. The van der Waals surface area contributed by atoms with Crippen LogP contribution in [-0.2, 0) is 4.79 Å². The maximum Gasteiger partial charge on any atom is 0.245 e. The molecule has 0 aliphatic heterocycles. The smallest absolute Gasteiger partial charge is 0.245 e. The van der Waals surface area contributed by atoms with Gasteiger partial charge >= 0.3 is 0 Å². The Morgan fingerprint density at radius 1 is 1.48 bits per heavy atom. The zero-order valence-corrected chi connectivity index (χ0v) is 13.5. The summed E-state index contributed by atoms with van der Waals surface area (Å²) in [6, 6.07) is 7.33. The average Bonchev–Trinajstić information content (AvgIpc) is 2.87. The standard InChI is InChI=1S/C14H17ClN4OS/c1-3-7-14(2,16)12(20)17-13-19-18-11(21-13)9-5-4-6-10(15)8-9/h4-6,8H,3,7,16H2,1-2H3,(H,17,19,20). The first-order valence-electron chi connectivity index (χ1n) is 6.62. The van der Waals surface area contributed by atoms with Gasteiger partial charge in [-0.25, -0.2) is 0 Å². The molecule has 2 rings (SSSR count). The molecule has 0 aliphatic carbocycles. The van der Waals surface area contributed by atoms with Gasteiger partial charge in [0.2, 0.25) is 11.0 Å². The normalized spacial score (nSPS) is 13.7. The summed E-state index contributed by atoms with van der Waals surface area (Å²) in [4.78, 5) is 12.1. The second-order valence-electron chi connectivity index (χ2n) is 5.04. The topological polar surface area (TPSA) is 80.9 Å². The van der Waals surface area contributed by atoms with E-state index < -0.39 is 5.54 Å². The van der Waals surface area contributed by atoms with Gasteiger partial charge in [-0.05, 0) is 25.5 Å². The number of halogens is 1. The Balaban J connectivity index is 2.12. The van der Waals surface area contributed by atoms with Crippen molar-refractivity contribution in [2.45, 2.75) is 32.2 Å². The van der Waals surface area contributed by atoms with E-state index in [1.807, 2.05) is 19.1 Å². The van der Waals surface area contributed by atoms with Crippen LogP contribution in [0.2, 0.25) is 5.02 Å². The molecular formula is C14H17ClN4OS. The lowest BCUT2D eigenvalue weighted by atomic mass is 9.97. The van der Waals surface area contributed by atoms with E-state index >= 15 is 0 Å². The highest BCUT2D eigenvalue weighted by molar-refractivity contribution is 7.18. The summed E-state index contributed by atoms with van der Waals surface area (Å²) in [5.41, 5.74) is 5.94. The van der Waals surface area contributed by atoms with Crippen molar-refractivity contribution in [3.8, 4) is 10.6 Å². The van der Waals surface area contributed by atoms with E-state index in [1.54, 1.807) is 19.1 Å². The number of nitrogens with one attached hydrogen (secondary N) is 1. The summed E-state index contributed by atoms with van der Waals surface area (Å²) in [5, 5.41) is 12.5. The molecule has 7 heteroatoms. The van der Waals surface area contributed by atoms with Crippen molar-refractivity contribution in [3.05, 3.63) is 29.3 Å². The van der Waals surface area contributed by atoms with E-state index in [0.29, 0.717) is 21.6 Å². The minimum atomic E-state index is -0.906. The molecule has 112 valence electrons. The maximum atomic E-state index is 12.1. The summed E-state index contributed by atoms with van der Waals surface area (Å²) in [6.45, 7) is 3.70. The molecule has 5 nitrogen and oxygen atoms in total. The molecule has 0 aliphatic rings. The van der Waals surface area contributed by atoms with Crippen molar-refractivity contribution >= 4 is 34.0 Å². The van der Waals surface area contributed by atoms with E-state index in [0.717, 1.165) is 12.0 Å². The third-order valence-electron chi connectivity index (χ3n) is 3.01. The molecule has 1 unspecified atom stereocenters. The number of amides is 1. The Morgan fingerprint density at radius 3 is 2.90 bits per heavy atom. The Kier molecular flexibility index (Phi) is 4.92. The lowest BCUT2D eigenvalue weighted by molar-refractivity contribution is -0.120. The molecule has 0 spiro atoms. The Bertz CT molecular complexity index is 641. The van der Waals surface area contributed by atoms with Gasteiger partial charge in [-0.2, -0.15) is 0 Å². The molecular weight excluding hydrogens is 308 g/mol. The highest BCUT2D eigenvalue weighted by Crippen LogP contribution is 2.28. The molecule has 1 aromatic carbocycles. The summed E-state index contributed by atoms with van der Waals surface area (Å²) in [7, 11) is 0. The minimum absolute atomic E-state index is 0.252. The van der Waals surface area contributed by atoms with Crippen LogP contribution in [0, 0.1) is 0 Å². The third-order valence-corrected chi connectivity index (χ3v) is 4.13. The minimum Gasteiger partial charge on any atom is -0.318 e. The molecule has 1 heterocycles. The number of aromatic nitrogens is 2. The fourth-order valence-electron chi connectivity index (χ4n) is 1.88. The lowest BCUT2D eigenvalue weighted by Crippen LogP contribution is -2.48. The van der Waals surface area contributed by atoms with Gasteiger partial charge in [0.05, 0.1) is 5.54 Å². The molecule has 0 fully saturated rings. The molecule has 21 heavy (non-hydrogen) atoms. The Morgan fingerprint density at radius 2 is 2.24 bits per heavy atom. The monoisotopic (exact) mass is 324 g/mol. The van der Waals surface area contributed by atoms with Crippen LogP contribution in [0.1, 0.15) is 26.7 Å². The van der Waals surface area contributed by atoms with Crippen LogP contribution in [0.25, 0.3) is 10.6 Å². The maximum absolute atomic E-state index is 12.1. The average molecular weight is 325 g/mol. The number of benzene rings is 1. The van der Waals surface area contributed by atoms with Gasteiger partial charge in [0.25, 0.3) is 0 Å². The number of rotatable bonds is 5. The van der Waals surface area contributed by atoms with Crippen LogP contribution in [0.5, 0.6) is 0 Å². The van der Waals surface area contributed by atoms with Gasteiger partial charge < -0.3 is 5.73 Å². The number of hydrogen-bond acceptors (Lipinski definition) is 5. The number of nitrogens with two attached hydrogens (primary N) is 1. The molecule has 0 saturated heterocycles. The highest BCUT2D eigenvalue weighted by Gasteiger charge is 2.28. The van der Waals surface area contributed by atoms with Crippen molar-refractivity contribution in [2.75, 3.05) is 5.32 Å².